The van der Waals surface area contributed by atoms with Gasteiger partial charge in [-0.15, -0.1) is 0 Å². The molecule has 0 aliphatic carbocycles. The van der Waals surface area contributed by atoms with Crippen LogP contribution < -0.4 is 10.6 Å². The van der Waals surface area contributed by atoms with E-state index in [1.54, 1.807) is 63.4 Å². The highest BCUT2D eigenvalue weighted by Crippen LogP contribution is 2.10. The summed E-state index contributed by atoms with van der Waals surface area (Å²) in [6.45, 7) is 5.24. The van der Waals surface area contributed by atoms with Gasteiger partial charge >= 0.3 is 6.09 Å². The minimum Gasteiger partial charge on any atom is -0.444 e. The number of carbonyl (C=O) groups is 2. The molecule has 126 valence electrons. The first-order chi connectivity index (χ1) is 11.3. The van der Waals surface area contributed by atoms with Gasteiger partial charge in [-0.2, -0.15) is 0 Å². The van der Waals surface area contributed by atoms with Crippen molar-refractivity contribution in [1.82, 2.24) is 15.6 Å². The molecule has 0 saturated heterocycles. The van der Waals surface area contributed by atoms with Gasteiger partial charge < -0.3 is 9.72 Å². The van der Waals surface area contributed by atoms with Crippen molar-refractivity contribution in [3.05, 3.63) is 54.4 Å². The first-order valence-electron chi connectivity index (χ1n) is 7.42. The number of guanidine groups is 1. The Morgan fingerprint density at radius 2 is 1.75 bits per heavy atom. The Hall–Kier alpha value is -3.09. The fourth-order valence-electron chi connectivity index (χ4n) is 1.77. The van der Waals surface area contributed by atoms with E-state index in [-0.39, 0.29) is 5.96 Å². The van der Waals surface area contributed by atoms with Gasteiger partial charge in [0.2, 0.25) is 5.96 Å². The topological polar surface area (TPSA) is 95.6 Å². The first-order valence-corrected chi connectivity index (χ1v) is 7.42. The van der Waals surface area contributed by atoms with Crippen LogP contribution >= 0.6 is 0 Å². The fraction of sp³-hybridized carbons (Fsp3) is 0.235. The van der Waals surface area contributed by atoms with Crippen LogP contribution in [0.2, 0.25) is 0 Å². The molecule has 0 radical (unpaired) electrons. The predicted octanol–water partition coefficient (Wildman–Crippen LogP) is 2.96. The van der Waals surface area contributed by atoms with Crippen LogP contribution in [0.25, 0.3) is 0 Å². The number of para-hydroxylation sites is 1. The van der Waals surface area contributed by atoms with E-state index < -0.39 is 17.6 Å². The first kappa shape index (κ1) is 17.3. The number of amides is 2. The SMILES string of the molecule is CC(C)(C)OC(=O)NC(=Nc1ccccc1)NC(=O)c1ccc[nH]1. The molecule has 7 nitrogen and oxygen atoms in total. The Labute approximate surface area is 140 Å². The lowest BCUT2D eigenvalue weighted by atomic mass is 10.2. The average molecular weight is 328 g/mol. The smallest absolute Gasteiger partial charge is 0.414 e. The Morgan fingerprint density at radius 1 is 1.04 bits per heavy atom. The van der Waals surface area contributed by atoms with E-state index in [9.17, 15) is 9.59 Å². The lowest BCUT2D eigenvalue weighted by Crippen LogP contribution is -2.45. The van der Waals surface area contributed by atoms with Gasteiger partial charge in [0.15, 0.2) is 0 Å². The third-order valence-electron chi connectivity index (χ3n) is 2.69. The van der Waals surface area contributed by atoms with E-state index in [0.717, 1.165) is 0 Å². The van der Waals surface area contributed by atoms with Crippen LogP contribution in [0.4, 0.5) is 10.5 Å². The second kappa shape index (κ2) is 7.45. The van der Waals surface area contributed by atoms with Gasteiger partial charge in [0, 0.05) is 6.20 Å². The monoisotopic (exact) mass is 328 g/mol. The summed E-state index contributed by atoms with van der Waals surface area (Å²) in [5.41, 5.74) is 0.267. The maximum atomic E-state index is 12.2. The average Bonchev–Trinajstić information content (AvgIpc) is 3.00. The second-order valence-corrected chi connectivity index (χ2v) is 5.96. The fourth-order valence-corrected chi connectivity index (χ4v) is 1.77. The number of rotatable bonds is 2. The summed E-state index contributed by atoms with van der Waals surface area (Å²) in [6, 6.07) is 12.3. The summed E-state index contributed by atoms with van der Waals surface area (Å²) in [5, 5.41) is 5.01. The molecule has 1 aromatic carbocycles. The van der Waals surface area contributed by atoms with Gasteiger partial charge in [-0.05, 0) is 45.0 Å². The number of hydrogen-bond donors (Lipinski definition) is 3. The zero-order valence-corrected chi connectivity index (χ0v) is 13.8. The van der Waals surface area contributed by atoms with E-state index in [4.69, 9.17) is 4.74 Å². The van der Waals surface area contributed by atoms with Crippen molar-refractivity contribution >= 4 is 23.6 Å². The van der Waals surface area contributed by atoms with E-state index in [1.165, 1.54) is 0 Å². The second-order valence-electron chi connectivity index (χ2n) is 5.96. The van der Waals surface area contributed by atoms with Crippen molar-refractivity contribution in [3.8, 4) is 0 Å². The highest BCUT2D eigenvalue weighted by Gasteiger charge is 2.19. The largest absolute Gasteiger partial charge is 0.444 e. The van der Waals surface area contributed by atoms with Crippen molar-refractivity contribution in [2.75, 3.05) is 0 Å². The van der Waals surface area contributed by atoms with Gasteiger partial charge in [-0.25, -0.2) is 9.79 Å². The number of benzene rings is 1. The Morgan fingerprint density at radius 3 is 2.33 bits per heavy atom. The highest BCUT2D eigenvalue weighted by atomic mass is 16.6. The van der Waals surface area contributed by atoms with Crippen molar-refractivity contribution in [2.24, 2.45) is 4.99 Å². The molecule has 0 aliphatic rings. The molecule has 0 aliphatic heterocycles. The van der Waals surface area contributed by atoms with Crippen LogP contribution in [0.5, 0.6) is 0 Å². The van der Waals surface area contributed by atoms with E-state index in [1.807, 2.05) is 6.07 Å². The van der Waals surface area contributed by atoms with Crippen LogP contribution in [0.3, 0.4) is 0 Å². The zero-order chi connectivity index (χ0) is 17.6. The Balaban J connectivity index is 2.17. The number of alkyl carbamates (subject to hydrolysis) is 1. The van der Waals surface area contributed by atoms with Crippen molar-refractivity contribution < 1.29 is 14.3 Å². The molecule has 0 saturated carbocycles. The molecule has 0 atom stereocenters. The number of ether oxygens (including phenoxy) is 1. The third kappa shape index (κ3) is 5.60. The van der Waals surface area contributed by atoms with Crippen molar-refractivity contribution in [1.29, 1.82) is 0 Å². The minimum atomic E-state index is -0.705. The molecule has 24 heavy (non-hydrogen) atoms. The zero-order valence-electron chi connectivity index (χ0n) is 13.8. The quantitative estimate of drug-likeness (QED) is 0.584. The molecular formula is C17H20N4O3. The maximum absolute atomic E-state index is 12.2. The van der Waals surface area contributed by atoms with Gasteiger partial charge in [0.25, 0.3) is 5.91 Å². The molecule has 2 amide bonds. The van der Waals surface area contributed by atoms with E-state index in [0.29, 0.717) is 11.4 Å². The highest BCUT2D eigenvalue weighted by molar-refractivity contribution is 6.08. The summed E-state index contributed by atoms with van der Waals surface area (Å²) >= 11 is 0. The van der Waals surface area contributed by atoms with Crippen molar-refractivity contribution in [2.45, 2.75) is 26.4 Å². The number of nitrogens with zero attached hydrogens (tertiary/aromatic N) is 1. The Kier molecular flexibility index (Phi) is 5.36. The summed E-state index contributed by atoms with van der Waals surface area (Å²) in [6.07, 6.45) is 0.925. The number of aromatic amines is 1. The summed E-state index contributed by atoms with van der Waals surface area (Å²) < 4.78 is 5.19. The molecule has 0 unspecified atom stereocenters. The van der Waals surface area contributed by atoms with Crippen LogP contribution in [-0.2, 0) is 4.74 Å². The molecule has 0 spiro atoms. The van der Waals surface area contributed by atoms with Crippen LogP contribution in [0, 0.1) is 0 Å². The van der Waals surface area contributed by atoms with Gasteiger partial charge in [-0.3, -0.25) is 15.4 Å². The number of aromatic nitrogens is 1. The molecule has 3 N–H and O–H groups in total. The number of hydrogen-bond acceptors (Lipinski definition) is 4. The number of carbonyl (C=O) groups excluding carboxylic acids is 2. The van der Waals surface area contributed by atoms with Crippen LogP contribution in [0.1, 0.15) is 31.3 Å². The van der Waals surface area contributed by atoms with Gasteiger partial charge in [0.1, 0.15) is 11.3 Å². The molecule has 0 bridgehead atoms. The van der Waals surface area contributed by atoms with E-state index in [2.05, 4.69) is 20.6 Å². The van der Waals surface area contributed by atoms with E-state index >= 15 is 0 Å². The predicted molar refractivity (Wildman–Crippen MR) is 91.2 cm³/mol. The lowest BCUT2D eigenvalue weighted by Gasteiger charge is -2.20. The van der Waals surface area contributed by atoms with Crippen LogP contribution in [-0.4, -0.2) is 28.5 Å². The Bertz CT molecular complexity index is 716. The normalized spacial score (nSPS) is 11.7. The van der Waals surface area contributed by atoms with Crippen molar-refractivity contribution in [3.63, 3.8) is 0 Å². The van der Waals surface area contributed by atoms with Gasteiger partial charge in [0.05, 0.1) is 5.69 Å². The molecule has 2 rings (SSSR count). The summed E-state index contributed by atoms with van der Waals surface area (Å²) in [4.78, 5) is 31.1. The summed E-state index contributed by atoms with van der Waals surface area (Å²) in [5.74, 6) is -0.444. The maximum Gasteiger partial charge on any atom is 0.414 e. The number of aliphatic imine (C=N–C) groups is 1. The minimum absolute atomic E-state index is 0.0185. The standard InChI is InChI=1S/C17H20N4O3/c1-17(2,3)24-16(23)21-15(19-12-8-5-4-6-9-12)20-14(22)13-10-7-11-18-13/h4-11,18H,1-3H3,(H2,19,20,21,22,23). The molecule has 2 aromatic rings. The molecule has 1 aromatic heterocycles. The third-order valence-corrected chi connectivity index (χ3v) is 2.69. The van der Waals surface area contributed by atoms with Gasteiger partial charge in [-0.1, -0.05) is 18.2 Å². The molecule has 0 fully saturated rings. The lowest BCUT2D eigenvalue weighted by molar-refractivity contribution is 0.0561. The molecule has 7 heteroatoms. The van der Waals surface area contributed by atoms with Crippen LogP contribution in [0.15, 0.2) is 53.7 Å². The molecular weight excluding hydrogens is 308 g/mol. The summed E-state index contributed by atoms with van der Waals surface area (Å²) in [7, 11) is 0. The number of nitrogens with one attached hydrogen (secondary N) is 3. The number of H-pyrrole nitrogens is 1. The molecule has 1 heterocycles.